The molecule has 24 heavy (non-hydrogen) atoms. The van der Waals surface area contributed by atoms with Crippen LogP contribution in [0.25, 0.3) is 0 Å². The van der Waals surface area contributed by atoms with E-state index in [4.69, 9.17) is 9.47 Å². The normalized spacial score (nSPS) is 35.6. The minimum atomic E-state index is -0.0289. The highest BCUT2D eigenvalue weighted by atomic mass is 32.1. The van der Waals surface area contributed by atoms with E-state index in [-0.39, 0.29) is 24.2 Å². The number of likely N-dealkylation sites (tertiary alicyclic amines) is 1. The Balaban J connectivity index is 1.42. The van der Waals surface area contributed by atoms with Crippen molar-refractivity contribution < 1.29 is 14.3 Å². The molecule has 132 valence electrons. The molecule has 0 bridgehead atoms. The van der Waals surface area contributed by atoms with E-state index < -0.39 is 0 Å². The van der Waals surface area contributed by atoms with Crippen molar-refractivity contribution in [2.45, 2.75) is 64.4 Å². The summed E-state index contributed by atoms with van der Waals surface area (Å²) in [5, 5.41) is 3.10. The Morgan fingerprint density at radius 1 is 1.50 bits per heavy atom. The van der Waals surface area contributed by atoms with Crippen molar-refractivity contribution in [1.82, 2.24) is 9.88 Å². The lowest BCUT2D eigenvalue weighted by atomic mass is 9.75. The van der Waals surface area contributed by atoms with Crippen LogP contribution in [0.4, 0.5) is 0 Å². The van der Waals surface area contributed by atoms with Gasteiger partial charge in [-0.25, -0.2) is 4.98 Å². The first-order chi connectivity index (χ1) is 11.6. The van der Waals surface area contributed by atoms with Gasteiger partial charge in [0, 0.05) is 24.4 Å². The number of carbonyl (C=O) groups is 1. The zero-order valence-corrected chi connectivity index (χ0v) is 15.3. The molecule has 1 amide bonds. The molecule has 0 N–H and O–H groups in total. The fraction of sp³-hybridized carbons (Fsp3) is 0.778. The summed E-state index contributed by atoms with van der Waals surface area (Å²) in [5.74, 6) is 1.24. The summed E-state index contributed by atoms with van der Waals surface area (Å²) in [5.41, 5.74) is 0.974. The maximum atomic E-state index is 12.9. The van der Waals surface area contributed by atoms with Gasteiger partial charge >= 0.3 is 0 Å². The maximum absolute atomic E-state index is 12.9. The third-order valence-corrected chi connectivity index (χ3v) is 6.42. The Bertz CT molecular complexity index is 599. The number of amides is 1. The molecule has 1 aliphatic carbocycles. The number of aromatic nitrogens is 1. The predicted octanol–water partition coefficient (Wildman–Crippen LogP) is 2.77. The second-order valence-electron chi connectivity index (χ2n) is 7.52. The quantitative estimate of drug-likeness (QED) is 0.838. The van der Waals surface area contributed by atoms with Gasteiger partial charge in [-0.2, -0.15) is 0 Å². The highest BCUT2D eigenvalue weighted by Crippen LogP contribution is 2.38. The van der Waals surface area contributed by atoms with Gasteiger partial charge in [-0.1, -0.05) is 6.92 Å². The third-order valence-electron chi connectivity index (χ3n) is 5.60. The van der Waals surface area contributed by atoms with Gasteiger partial charge in [0.25, 0.3) is 0 Å². The monoisotopic (exact) mass is 350 g/mol. The number of aryl methyl sites for hydroxylation is 1. The fourth-order valence-electron chi connectivity index (χ4n) is 4.32. The van der Waals surface area contributed by atoms with Crippen LogP contribution in [0.5, 0.6) is 0 Å². The minimum Gasteiger partial charge on any atom is -0.373 e. The molecule has 0 aromatic carbocycles. The lowest BCUT2D eigenvalue weighted by molar-refractivity contribution is -0.143. The van der Waals surface area contributed by atoms with Crippen LogP contribution >= 0.6 is 11.3 Å². The van der Waals surface area contributed by atoms with E-state index >= 15 is 0 Å². The highest BCUT2D eigenvalue weighted by molar-refractivity contribution is 7.09. The molecule has 0 unspecified atom stereocenters. The zero-order chi connectivity index (χ0) is 16.7. The van der Waals surface area contributed by atoms with Gasteiger partial charge in [0.05, 0.1) is 23.4 Å². The van der Waals surface area contributed by atoms with Crippen LogP contribution in [-0.2, 0) is 20.9 Å². The number of rotatable bonds is 4. The summed E-state index contributed by atoms with van der Waals surface area (Å²) < 4.78 is 12.1. The van der Waals surface area contributed by atoms with Crippen molar-refractivity contribution >= 4 is 17.2 Å². The van der Waals surface area contributed by atoms with Crippen LogP contribution in [0.1, 0.15) is 43.3 Å². The first kappa shape index (κ1) is 16.5. The number of nitrogens with zero attached hydrogens (tertiary/aromatic N) is 2. The molecule has 0 radical (unpaired) electrons. The Morgan fingerprint density at radius 3 is 3.04 bits per heavy atom. The summed E-state index contributed by atoms with van der Waals surface area (Å²) in [7, 11) is 0. The van der Waals surface area contributed by atoms with E-state index in [0.29, 0.717) is 25.0 Å². The van der Waals surface area contributed by atoms with Crippen molar-refractivity contribution in [3.8, 4) is 0 Å². The van der Waals surface area contributed by atoms with Crippen molar-refractivity contribution in [2.24, 2.45) is 11.8 Å². The lowest BCUT2D eigenvalue weighted by Crippen LogP contribution is -2.47. The van der Waals surface area contributed by atoms with Gasteiger partial charge in [-0.3, -0.25) is 4.79 Å². The Morgan fingerprint density at radius 2 is 2.33 bits per heavy atom. The van der Waals surface area contributed by atoms with Gasteiger partial charge in [-0.05, 0) is 38.5 Å². The van der Waals surface area contributed by atoms with Gasteiger partial charge in [0.2, 0.25) is 5.91 Å². The number of thiazole rings is 1. The van der Waals surface area contributed by atoms with Gasteiger partial charge in [0.1, 0.15) is 12.2 Å². The van der Waals surface area contributed by atoms with Crippen LogP contribution < -0.4 is 0 Å². The Kier molecular flexibility index (Phi) is 4.62. The van der Waals surface area contributed by atoms with Crippen LogP contribution in [0.15, 0.2) is 5.38 Å². The predicted molar refractivity (Wildman–Crippen MR) is 91.8 cm³/mol. The SMILES string of the molecule is Cc1nc(CO[C@H]2CN(C(=O)C3CC(C)C3)[C@@H]3CCCO[C@H]23)cs1. The van der Waals surface area contributed by atoms with Crippen LogP contribution in [0.2, 0.25) is 0 Å². The molecule has 1 saturated carbocycles. The average molecular weight is 350 g/mol. The van der Waals surface area contributed by atoms with Gasteiger partial charge in [0.15, 0.2) is 0 Å². The molecule has 2 saturated heterocycles. The minimum absolute atomic E-state index is 0.0277. The molecule has 4 rings (SSSR count). The van der Waals surface area contributed by atoms with Gasteiger partial charge < -0.3 is 14.4 Å². The third kappa shape index (κ3) is 3.11. The Labute approximate surface area is 147 Å². The first-order valence-electron chi connectivity index (χ1n) is 9.06. The molecular weight excluding hydrogens is 324 g/mol. The molecule has 3 fully saturated rings. The lowest BCUT2D eigenvalue weighted by Gasteiger charge is -2.38. The number of carbonyl (C=O) groups excluding carboxylic acids is 1. The summed E-state index contributed by atoms with van der Waals surface area (Å²) in [4.78, 5) is 19.4. The molecule has 1 aromatic heterocycles. The average Bonchev–Trinajstić information content (AvgIpc) is 3.13. The number of fused-ring (bicyclic) bond motifs is 1. The number of hydrogen-bond donors (Lipinski definition) is 0. The fourth-order valence-corrected chi connectivity index (χ4v) is 4.91. The van der Waals surface area contributed by atoms with Crippen LogP contribution in [-0.4, -0.2) is 47.2 Å². The standard InChI is InChI=1S/C18H26N2O3S/c1-11-6-13(7-11)18(21)20-8-16(17-15(20)4-3-5-22-17)23-9-14-10-24-12(2)19-14/h10-11,13,15-17H,3-9H2,1-2H3/t11?,13?,15-,16+,17+/m1/s1. The largest absolute Gasteiger partial charge is 0.373 e. The van der Waals surface area contributed by atoms with E-state index in [9.17, 15) is 4.79 Å². The van der Waals surface area contributed by atoms with Crippen molar-refractivity contribution in [1.29, 1.82) is 0 Å². The van der Waals surface area contributed by atoms with Crippen LogP contribution in [0.3, 0.4) is 0 Å². The summed E-state index contributed by atoms with van der Waals surface area (Å²) in [6, 6.07) is 0.198. The van der Waals surface area contributed by atoms with E-state index in [0.717, 1.165) is 43.0 Å². The van der Waals surface area contributed by atoms with E-state index in [1.165, 1.54) is 0 Å². The molecular formula is C18H26N2O3S. The summed E-state index contributed by atoms with van der Waals surface area (Å²) >= 11 is 1.64. The van der Waals surface area contributed by atoms with E-state index in [1.54, 1.807) is 11.3 Å². The zero-order valence-electron chi connectivity index (χ0n) is 14.4. The second kappa shape index (κ2) is 6.73. The molecule has 5 nitrogen and oxygen atoms in total. The van der Waals surface area contributed by atoms with Crippen molar-refractivity contribution in [3.05, 3.63) is 16.1 Å². The number of hydrogen-bond acceptors (Lipinski definition) is 5. The molecule has 1 aromatic rings. The van der Waals surface area contributed by atoms with E-state index in [2.05, 4.69) is 16.8 Å². The molecule has 0 spiro atoms. The Hall–Kier alpha value is -0.980. The molecule has 3 heterocycles. The summed E-state index contributed by atoms with van der Waals surface area (Å²) in [6.45, 7) is 6.18. The van der Waals surface area contributed by atoms with Crippen molar-refractivity contribution in [2.75, 3.05) is 13.2 Å². The smallest absolute Gasteiger partial charge is 0.226 e. The first-order valence-corrected chi connectivity index (χ1v) is 9.94. The van der Waals surface area contributed by atoms with Crippen LogP contribution in [0, 0.1) is 18.8 Å². The molecule has 3 aliphatic rings. The molecule has 6 heteroatoms. The van der Waals surface area contributed by atoms with E-state index in [1.807, 2.05) is 12.3 Å². The molecule has 3 atom stereocenters. The second-order valence-corrected chi connectivity index (χ2v) is 8.58. The maximum Gasteiger partial charge on any atom is 0.226 e. The molecule has 2 aliphatic heterocycles. The summed E-state index contributed by atoms with van der Waals surface area (Å²) in [6.07, 6.45) is 4.14. The highest BCUT2D eigenvalue weighted by Gasteiger charge is 2.49. The van der Waals surface area contributed by atoms with Gasteiger partial charge in [-0.15, -0.1) is 11.3 Å². The van der Waals surface area contributed by atoms with Crippen molar-refractivity contribution in [3.63, 3.8) is 0 Å². The number of ether oxygens (including phenoxy) is 2. The topological polar surface area (TPSA) is 51.7 Å².